The third-order valence-corrected chi connectivity index (χ3v) is 6.73. The van der Waals surface area contributed by atoms with Gasteiger partial charge in [0.2, 0.25) is 0 Å². The van der Waals surface area contributed by atoms with Crippen LogP contribution in [0.1, 0.15) is 18.2 Å². The molecule has 0 N–H and O–H groups in total. The van der Waals surface area contributed by atoms with E-state index in [0.717, 1.165) is 31.4 Å². The Balaban J connectivity index is 1.19. The Hall–Kier alpha value is -3.15. The quantitative estimate of drug-likeness (QED) is 0.587. The van der Waals surface area contributed by atoms with Crippen LogP contribution in [0.3, 0.4) is 0 Å². The summed E-state index contributed by atoms with van der Waals surface area (Å²) in [6, 6.07) is 2.87. The summed E-state index contributed by atoms with van der Waals surface area (Å²) in [5.41, 5.74) is 1.01. The van der Waals surface area contributed by atoms with Crippen LogP contribution in [-0.2, 0) is 10.9 Å². The molecule has 0 amide bonds. The highest BCUT2D eigenvalue weighted by Crippen LogP contribution is 2.43. The van der Waals surface area contributed by atoms with E-state index in [1.807, 2.05) is 9.58 Å². The van der Waals surface area contributed by atoms with Crippen molar-refractivity contribution in [2.45, 2.75) is 18.6 Å². The zero-order valence-electron chi connectivity index (χ0n) is 17.9. The molecular formula is C21H22F3N7O2. The number of rotatable bonds is 4. The lowest BCUT2D eigenvalue weighted by Crippen LogP contribution is -2.57. The fourth-order valence-electron chi connectivity index (χ4n) is 4.89. The van der Waals surface area contributed by atoms with Crippen molar-refractivity contribution in [1.82, 2.24) is 24.7 Å². The molecule has 0 aromatic carbocycles. The largest absolute Gasteiger partial charge is 0.478 e. The van der Waals surface area contributed by atoms with Gasteiger partial charge in [0, 0.05) is 43.5 Å². The minimum Gasteiger partial charge on any atom is -0.478 e. The lowest BCUT2D eigenvalue weighted by atomic mass is 9.79. The van der Waals surface area contributed by atoms with Gasteiger partial charge in [0.1, 0.15) is 17.6 Å². The van der Waals surface area contributed by atoms with E-state index < -0.39 is 11.9 Å². The highest BCUT2D eigenvalue weighted by Gasteiger charge is 2.48. The number of hydrogen-bond acceptors (Lipinski definition) is 8. The Bertz CT molecular complexity index is 1200. The molecule has 3 fully saturated rings. The van der Waals surface area contributed by atoms with Crippen LogP contribution >= 0.6 is 0 Å². The first kappa shape index (κ1) is 20.5. The van der Waals surface area contributed by atoms with Gasteiger partial charge in [-0.2, -0.15) is 13.2 Å². The third kappa shape index (κ3) is 3.35. The van der Waals surface area contributed by atoms with Crippen LogP contribution in [0.25, 0.3) is 11.2 Å². The molecule has 6 heterocycles. The summed E-state index contributed by atoms with van der Waals surface area (Å²) in [7, 11) is 1.56. The predicted octanol–water partition coefficient (Wildman–Crippen LogP) is 2.54. The number of fused-ring (bicyclic) bond motifs is 1. The topological polar surface area (TPSA) is 81.4 Å². The zero-order valence-corrected chi connectivity index (χ0v) is 17.9. The van der Waals surface area contributed by atoms with Crippen molar-refractivity contribution in [1.29, 1.82) is 0 Å². The second-order valence-corrected chi connectivity index (χ2v) is 8.97. The number of aromatic nitrogens is 5. The number of hydrogen-bond donors (Lipinski definition) is 0. The lowest BCUT2D eigenvalue weighted by molar-refractivity contribution is -0.141. The van der Waals surface area contributed by atoms with E-state index in [4.69, 9.17) is 14.5 Å². The lowest BCUT2D eigenvalue weighted by Gasteiger charge is -2.49. The van der Waals surface area contributed by atoms with Crippen LogP contribution in [0.2, 0.25) is 0 Å². The molecule has 3 aromatic heterocycles. The number of methoxy groups -OCH3 is 1. The van der Waals surface area contributed by atoms with E-state index in [9.17, 15) is 13.2 Å². The number of ether oxygens (including phenoxy) is 2. The van der Waals surface area contributed by atoms with E-state index >= 15 is 0 Å². The van der Waals surface area contributed by atoms with Crippen LogP contribution < -0.4 is 14.5 Å². The van der Waals surface area contributed by atoms with Gasteiger partial charge in [-0.25, -0.2) is 14.6 Å². The fourth-order valence-corrected chi connectivity index (χ4v) is 4.89. The summed E-state index contributed by atoms with van der Waals surface area (Å²) in [6.45, 7) is 4.16. The van der Waals surface area contributed by atoms with Crippen molar-refractivity contribution >= 4 is 22.7 Å². The highest BCUT2D eigenvalue weighted by atomic mass is 19.4. The minimum absolute atomic E-state index is 0.0258. The summed E-state index contributed by atoms with van der Waals surface area (Å²) >= 11 is 0. The van der Waals surface area contributed by atoms with Gasteiger partial charge in [-0.3, -0.25) is 4.98 Å². The number of alkyl halides is 3. The zero-order chi connectivity index (χ0) is 22.8. The molecular weight excluding hydrogens is 439 g/mol. The van der Waals surface area contributed by atoms with Crippen molar-refractivity contribution in [3.8, 4) is 5.88 Å². The Morgan fingerprint density at radius 1 is 1.15 bits per heavy atom. The van der Waals surface area contributed by atoms with Crippen molar-refractivity contribution in [2.75, 3.05) is 56.3 Å². The monoisotopic (exact) mass is 461 g/mol. The van der Waals surface area contributed by atoms with Gasteiger partial charge in [0.15, 0.2) is 11.2 Å². The van der Waals surface area contributed by atoms with E-state index in [-0.39, 0.29) is 11.5 Å². The van der Waals surface area contributed by atoms with Gasteiger partial charge < -0.3 is 19.3 Å². The van der Waals surface area contributed by atoms with Crippen molar-refractivity contribution in [3.05, 3.63) is 30.2 Å². The van der Waals surface area contributed by atoms with Crippen LogP contribution in [0.4, 0.5) is 24.7 Å². The molecule has 1 spiro atoms. The molecule has 3 aliphatic heterocycles. The first-order chi connectivity index (χ1) is 15.9. The van der Waals surface area contributed by atoms with Crippen molar-refractivity contribution < 1.29 is 22.6 Å². The molecule has 9 nitrogen and oxygen atoms in total. The minimum atomic E-state index is -4.44. The normalized spacial score (nSPS) is 20.4. The first-order valence-corrected chi connectivity index (χ1v) is 10.8. The smallest absolute Gasteiger partial charge is 0.433 e. The maximum absolute atomic E-state index is 13.0. The average molecular weight is 461 g/mol. The number of nitrogens with zero attached hydrogens (tertiary/aromatic N) is 7. The second kappa shape index (κ2) is 7.17. The number of anilines is 2. The molecule has 12 heteroatoms. The van der Waals surface area contributed by atoms with Crippen LogP contribution in [0.15, 0.2) is 24.5 Å². The molecule has 0 radical (unpaired) electrons. The molecule has 0 saturated carbocycles. The summed E-state index contributed by atoms with van der Waals surface area (Å²) in [5, 5.41) is 4.50. The third-order valence-electron chi connectivity index (χ3n) is 6.73. The summed E-state index contributed by atoms with van der Waals surface area (Å²) in [4.78, 5) is 17.0. The van der Waals surface area contributed by atoms with Crippen LogP contribution in [-0.4, -0.2) is 71.2 Å². The SMILES string of the molecule is COc1nn(C2COC2)c2nc(N3CCC4(CN(c5ccnc(C(F)(F)F)c5)C4)C3)cnc12. The van der Waals surface area contributed by atoms with Crippen molar-refractivity contribution in [3.63, 3.8) is 0 Å². The number of pyridine rings is 1. The van der Waals surface area contributed by atoms with Gasteiger partial charge in [-0.05, 0) is 18.6 Å². The predicted molar refractivity (Wildman–Crippen MR) is 112 cm³/mol. The Morgan fingerprint density at radius 3 is 2.64 bits per heavy atom. The van der Waals surface area contributed by atoms with E-state index in [0.29, 0.717) is 49.0 Å². The maximum Gasteiger partial charge on any atom is 0.433 e. The highest BCUT2D eigenvalue weighted by molar-refractivity contribution is 5.78. The van der Waals surface area contributed by atoms with E-state index in [1.54, 1.807) is 19.4 Å². The molecule has 3 aliphatic rings. The molecule has 0 aliphatic carbocycles. The Morgan fingerprint density at radius 2 is 1.94 bits per heavy atom. The Kier molecular flexibility index (Phi) is 4.45. The van der Waals surface area contributed by atoms with E-state index in [2.05, 4.69) is 20.0 Å². The van der Waals surface area contributed by atoms with Crippen molar-refractivity contribution in [2.24, 2.45) is 5.41 Å². The van der Waals surface area contributed by atoms with Gasteiger partial charge in [-0.15, -0.1) is 5.10 Å². The molecule has 0 bridgehead atoms. The molecule has 6 rings (SSSR count). The number of halogens is 3. The van der Waals surface area contributed by atoms with Gasteiger partial charge >= 0.3 is 6.18 Å². The molecule has 33 heavy (non-hydrogen) atoms. The maximum atomic E-state index is 13.0. The Labute approximate surface area is 187 Å². The molecule has 0 atom stereocenters. The van der Waals surface area contributed by atoms with Gasteiger partial charge in [0.05, 0.1) is 26.5 Å². The van der Waals surface area contributed by atoms with E-state index in [1.165, 1.54) is 6.20 Å². The van der Waals surface area contributed by atoms with Crippen LogP contribution in [0.5, 0.6) is 5.88 Å². The second-order valence-electron chi connectivity index (χ2n) is 8.97. The summed E-state index contributed by atoms with van der Waals surface area (Å²) in [6.07, 6.45) is -0.540. The first-order valence-electron chi connectivity index (χ1n) is 10.8. The van der Waals surface area contributed by atoms with Gasteiger partial charge in [0.25, 0.3) is 5.88 Å². The standard InChI is InChI=1S/C21H22F3N7O2/c1-32-19-17-18(31(28-19)14-8-33-9-14)27-16(7-26-17)29-5-3-20(10-29)11-30(12-20)13-2-4-25-15(6-13)21(22,23)24/h2,4,6-7,14H,3,5,8-12H2,1H3. The summed E-state index contributed by atoms with van der Waals surface area (Å²) < 4.78 is 51.5. The fraction of sp³-hybridized carbons (Fsp3) is 0.524. The molecule has 3 saturated heterocycles. The average Bonchev–Trinajstić information content (AvgIpc) is 3.33. The molecule has 174 valence electrons. The van der Waals surface area contributed by atoms with Crippen LogP contribution in [0, 0.1) is 5.41 Å². The molecule has 0 unspecified atom stereocenters. The summed E-state index contributed by atoms with van der Waals surface area (Å²) in [5.74, 6) is 1.21. The van der Waals surface area contributed by atoms with Gasteiger partial charge in [-0.1, -0.05) is 0 Å². The molecule has 3 aromatic rings.